The molecule has 1 amide bonds. The molecule has 1 heterocycles. The Hall–Kier alpha value is -3.79. The lowest BCUT2D eigenvalue weighted by Crippen LogP contribution is -2.32. The van der Waals surface area contributed by atoms with E-state index >= 15 is 0 Å². The molecule has 2 aromatic carbocycles. The highest BCUT2D eigenvalue weighted by molar-refractivity contribution is 6.19. The third kappa shape index (κ3) is 4.04. The molecular formula is C25H23FN4O2. The molecule has 7 heteroatoms. The van der Waals surface area contributed by atoms with Crippen molar-refractivity contribution < 1.29 is 14.0 Å². The van der Waals surface area contributed by atoms with Crippen molar-refractivity contribution in [2.75, 3.05) is 5.32 Å². The summed E-state index contributed by atoms with van der Waals surface area (Å²) in [4.78, 5) is 24.6. The van der Waals surface area contributed by atoms with Crippen LogP contribution < -0.4 is 10.7 Å². The number of amides is 1. The predicted octanol–water partition coefficient (Wildman–Crippen LogP) is 4.22. The van der Waals surface area contributed by atoms with Gasteiger partial charge in [0.2, 0.25) is 0 Å². The van der Waals surface area contributed by atoms with Gasteiger partial charge in [-0.05, 0) is 62.6 Å². The smallest absolute Gasteiger partial charge is 0.251 e. The number of hydrazone groups is 1. The molecule has 0 radical (unpaired) electrons. The van der Waals surface area contributed by atoms with Crippen LogP contribution in [-0.4, -0.2) is 17.4 Å². The Morgan fingerprint density at radius 1 is 1.19 bits per heavy atom. The molecule has 0 unspecified atom stereocenters. The normalized spacial score (nSPS) is 17.6. The minimum absolute atomic E-state index is 0.0600. The highest BCUT2D eigenvalue weighted by Gasteiger charge is 2.40. The molecule has 32 heavy (non-hydrogen) atoms. The van der Waals surface area contributed by atoms with Crippen LogP contribution in [0.2, 0.25) is 0 Å². The van der Waals surface area contributed by atoms with Crippen molar-refractivity contribution in [3.63, 3.8) is 0 Å². The lowest BCUT2D eigenvalue weighted by Gasteiger charge is -2.22. The largest absolute Gasteiger partial charge is 0.358 e. The van der Waals surface area contributed by atoms with Gasteiger partial charge in [0.15, 0.2) is 5.78 Å². The van der Waals surface area contributed by atoms with Crippen LogP contribution in [0.4, 0.5) is 10.1 Å². The van der Waals surface area contributed by atoms with Gasteiger partial charge in [0, 0.05) is 35.4 Å². The second-order valence-corrected chi connectivity index (χ2v) is 8.57. The Bertz CT molecular complexity index is 1220. The number of rotatable bonds is 5. The predicted molar refractivity (Wildman–Crippen MR) is 119 cm³/mol. The van der Waals surface area contributed by atoms with Crippen LogP contribution in [0.3, 0.4) is 0 Å². The summed E-state index contributed by atoms with van der Waals surface area (Å²) in [5.41, 5.74) is 5.50. The maximum absolute atomic E-state index is 15.0. The van der Waals surface area contributed by atoms with E-state index in [0.29, 0.717) is 41.8 Å². The summed E-state index contributed by atoms with van der Waals surface area (Å²) in [6, 6.07) is 14.0. The van der Waals surface area contributed by atoms with Crippen LogP contribution in [-0.2, 0) is 16.0 Å². The van der Waals surface area contributed by atoms with E-state index in [9.17, 15) is 14.0 Å². The fourth-order valence-corrected chi connectivity index (χ4v) is 4.04. The van der Waals surface area contributed by atoms with E-state index in [0.717, 1.165) is 17.7 Å². The molecule has 4 rings (SSSR count). The SMILES string of the molecule is CC1(C)C(=O)NN=C1c1ccc(NC2=C(Cc3cccc(C#N)c3)C(=O)CCC2)cc1F. The van der Waals surface area contributed by atoms with Gasteiger partial charge in [-0.2, -0.15) is 10.4 Å². The van der Waals surface area contributed by atoms with Gasteiger partial charge in [-0.3, -0.25) is 9.59 Å². The van der Waals surface area contributed by atoms with Crippen LogP contribution in [0, 0.1) is 22.6 Å². The first-order chi connectivity index (χ1) is 15.3. The molecule has 1 aliphatic heterocycles. The van der Waals surface area contributed by atoms with Crippen molar-refractivity contribution in [1.82, 2.24) is 5.43 Å². The zero-order chi connectivity index (χ0) is 22.9. The summed E-state index contributed by atoms with van der Waals surface area (Å²) in [6.45, 7) is 3.40. The lowest BCUT2D eigenvalue weighted by molar-refractivity contribution is -0.125. The number of hydrogen-bond acceptors (Lipinski definition) is 5. The van der Waals surface area contributed by atoms with E-state index in [4.69, 9.17) is 5.26 Å². The van der Waals surface area contributed by atoms with Crippen molar-refractivity contribution in [2.24, 2.45) is 10.5 Å². The van der Waals surface area contributed by atoms with Crippen LogP contribution in [0.25, 0.3) is 0 Å². The average Bonchev–Trinajstić information content (AvgIpc) is 3.03. The minimum atomic E-state index is -0.917. The Labute approximate surface area is 185 Å². The molecule has 0 saturated carbocycles. The van der Waals surface area contributed by atoms with Crippen molar-refractivity contribution >= 4 is 23.1 Å². The van der Waals surface area contributed by atoms with E-state index in [1.165, 1.54) is 6.07 Å². The molecule has 0 aromatic heterocycles. The molecule has 0 saturated heterocycles. The fourth-order valence-electron chi connectivity index (χ4n) is 4.04. The van der Waals surface area contributed by atoms with E-state index in [2.05, 4.69) is 21.9 Å². The van der Waals surface area contributed by atoms with Crippen molar-refractivity contribution in [1.29, 1.82) is 5.26 Å². The van der Waals surface area contributed by atoms with Crippen LogP contribution in [0.5, 0.6) is 0 Å². The molecule has 6 nitrogen and oxygen atoms in total. The van der Waals surface area contributed by atoms with Crippen LogP contribution in [0.15, 0.2) is 58.8 Å². The average molecular weight is 430 g/mol. The van der Waals surface area contributed by atoms with Crippen molar-refractivity contribution in [3.05, 3.63) is 76.2 Å². The second-order valence-electron chi connectivity index (χ2n) is 8.57. The number of allylic oxidation sites excluding steroid dienone is 2. The molecule has 2 aliphatic rings. The van der Waals surface area contributed by atoms with Gasteiger partial charge in [0.05, 0.1) is 22.8 Å². The van der Waals surface area contributed by atoms with E-state index < -0.39 is 11.2 Å². The maximum Gasteiger partial charge on any atom is 0.251 e. The van der Waals surface area contributed by atoms with Crippen molar-refractivity contribution in [2.45, 2.75) is 39.5 Å². The van der Waals surface area contributed by atoms with Crippen LogP contribution >= 0.6 is 0 Å². The Kier molecular flexibility index (Phi) is 5.62. The number of nitriles is 1. The number of carbonyl (C=O) groups excluding carboxylic acids is 2. The number of anilines is 1. The number of nitrogens with one attached hydrogen (secondary N) is 2. The van der Waals surface area contributed by atoms with Crippen LogP contribution in [0.1, 0.15) is 49.8 Å². The zero-order valence-electron chi connectivity index (χ0n) is 18.0. The topological polar surface area (TPSA) is 94.3 Å². The molecule has 0 atom stereocenters. The molecule has 0 bridgehead atoms. The third-order valence-corrected chi connectivity index (χ3v) is 5.92. The maximum atomic E-state index is 15.0. The first kappa shape index (κ1) is 21.4. The number of carbonyl (C=O) groups is 2. The molecule has 1 aliphatic carbocycles. The van der Waals surface area contributed by atoms with Gasteiger partial charge in [-0.25, -0.2) is 9.82 Å². The molecule has 0 fully saturated rings. The quantitative estimate of drug-likeness (QED) is 0.743. The summed E-state index contributed by atoms with van der Waals surface area (Å²) in [6.07, 6.45) is 2.29. The third-order valence-electron chi connectivity index (χ3n) is 5.92. The highest BCUT2D eigenvalue weighted by Crippen LogP contribution is 2.31. The Morgan fingerprint density at radius 2 is 2.00 bits per heavy atom. The zero-order valence-corrected chi connectivity index (χ0v) is 18.0. The summed E-state index contributed by atoms with van der Waals surface area (Å²) >= 11 is 0. The molecule has 2 N–H and O–H groups in total. The molecule has 2 aromatic rings. The second kappa shape index (κ2) is 8.39. The molecule has 162 valence electrons. The summed E-state index contributed by atoms with van der Waals surface area (Å²) in [7, 11) is 0. The van der Waals surface area contributed by atoms with Gasteiger partial charge in [0.1, 0.15) is 5.82 Å². The first-order valence-corrected chi connectivity index (χ1v) is 10.5. The molecular weight excluding hydrogens is 407 g/mol. The minimum Gasteiger partial charge on any atom is -0.358 e. The van der Waals surface area contributed by atoms with E-state index in [-0.39, 0.29) is 17.3 Å². The van der Waals surface area contributed by atoms with Gasteiger partial charge in [-0.15, -0.1) is 0 Å². The van der Waals surface area contributed by atoms with Gasteiger partial charge in [0.25, 0.3) is 5.91 Å². The summed E-state index contributed by atoms with van der Waals surface area (Å²) < 4.78 is 15.0. The highest BCUT2D eigenvalue weighted by atomic mass is 19.1. The fraction of sp³-hybridized carbons (Fsp3) is 0.280. The summed E-state index contributed by atoms with van der Waals surface area (Å²) in [5.74, 6) is -0.709. The van der Waals surface area contributed by atoms with E-state index in [1.54, 1.807) is 44.2 Å². The first-order valence-electron chi connectivity index (χ1n) is 10.5. The van der Waals surface area contributed by atoms with Gasteiger partial charge < -0.3 is 5.32 Å². The standard InChI is InChI=1S/C25H23FN4O2/c1-25(2)23(29-30-24(25)32)18-10-9-17(13-20(18)26)28-21-7-4-8-22(31)19(21)12-15-5-3-6-16(11-15)14-27/h3,5-6,9-11,13,28H,4,7-8,12H2,1-2H3,(H,30,32). The Morgan fingerprint density at radius 3 is 2.69 bits per heavy atom. The number of ketones is 1. The van der Waals surface area contributed by atoms with Gasteiger partial charge >= 0.3 is 0 Å². The number of hydrogen-bond donors (Lipinski definition) is 2. The Balaban J connectivity index is 1.62. The van der Waals surface area contributed by atoms with Gasteiger partial charge in [-0.1, -0.05) is 12.1 Å². The monoisotopic (exact) mass is 430 g/mol. The lowest BCUT2D eigenvalue weighted by atomic mass is 9.83. The van der Waals surface area contributed by atoms with Crippen molar-refractivity contribution in [3.8, 4) is 6.07 Å². The number of nitrogens with zero attached hydrogens (tertiary/aromatic N) is 2. The number of halogens is 1. The van der Waals surface area contributed by atoms with E-state index in [1.807, 2.05) is 6.07 Å². The molecule has 0 spiro atoms. The summed E-state index contributed by atoms with van der Waals surface area (Å²) in [5, 5.41) is 16.4. The number of Topliss-reactive ketones (excluding diaryl/α,β-unsaturated/α-hetero) is 1. The number of benzene rings is 2.